The van der Waals surface area contributed by atoms with Gasteiger partial charge in [0.15, 0.2) is 5.96 Å². The topological polar surface area (TPSA) is 59.9 Å². The summed E-state index contributed by atoms with van der Waals surface area (Å²) < 4.78 is 0. The summed E-state index contributed by atoms with van der Waals surface area (Å²) in [6, 6.07) is 0.516. The van der Waals surface area contributed by atoms with Crippen molar-refractivity contribution < 1.29 is 5.11 Å². The first-order chi connectivity index (χ1) is 10.2. The van der Waals surface area contributed by atoms with E-state index in [2.05, 4.69) is 20.5 Å². The predicted molar refractivity (Wildman–Crippen MR) is 101 cm³/mol. The molecule has 1 heterocycles. The van der Waals surface area contributed by atoms with Gasteiger partial charge in [0.2, 0.25) is 0 Å². The lowest BCUT2D eigenvalue weighted by Gasteiger charge is -2.37. The molecule has 0 radical (unpaired) electrons. The molecule has 2 saturated carbocycles. The highest BCUT2D eigenvalue weighted by molar-refractivity contribution is 14.0. The maximum Gasteiger partial charge on any atom is 0.191 e. The molecule has 0 atom stereocenters. The van der Waals surface area contributed by atoms with Crippen LogP contribution in [0.1, 0.15) is 44.9 Å². The molecule has 2 aliphatic carbocycles. The molecule has 0 aromatic rings. The Kier molecular flexibility index (Phi) is 6.76. The van der Waals surface area contributed by atoms with E-state index in [4.69, 9.17) is 0 Å². The predicted octanol–water partition coefficient (Wildman–Crippen LogP) is 1.56. The molecule has 5 nitrogen and oxygen atoms in total. The third kappa shape index (κ3) is 5.23. The zero-order valence-electron chi connectivity index (χ0n) is 13.7. The van der Waals surface area contributed by atoms with E-state index in [-0.39, 0.29) is 24.0 Å². The van der Waals surface area contributed by atoms with Gasteiger partial charge in [-0.25, -0.2) is 0 Å². The Bertz CT molecular complexity index is 374. The van der Waals surface area contributed by atoms with Crippen LogP contribution in [0.2, 0.25) is 0 Å². The fourth-order valence-corrected chi connectivity index (χ4v) is 3.32. The summed E-state index contributed by atoms with van der Waals surface area (Å²) in [5, 5.41) is 16.9. The smallest absolute Gasteiger partial charge is 0.191 e. The van der Waals surface area contributed by atoms with Gasteiger partial charge in [0.25, 0.3) is 0 Å². The quantitative estimate of drug-likeness (QED) is 0.358. The summed E-state index contributed by atoms with van der Waals surface area (Å²) in [6.07, 6.45) is 8.24. The summed E-state index contributed by atoms with van der Waals surface area (Å²) in [7, 11) is 1.81. The Balaban J connectivity index is 0.00000176. The van der Waals surface area contributed by atoms with Gasteiger partial charge < -0.3 is 20.6 Å². The Morgan fingerprint density at radius 3 is 2.41 bits per heavy atom. The zero-order chi connectivity index (χ0) is 14.7. The van der Waals surface area contributed by atoms with E-state index in [1.165, 1.54) is 45.3 Å². The number of nitrogens with one attached hydrogen (secondary N) is 2. The fourth-order valence-electron chi connectivity index (χ4n) is 3.32. The van der Waals surface area contributed by atoms with E-state index in [9.17, 15) is 5.11 Å². The Hall–Kier alpha value is -0.0800. The van der Waals surface area contributed by atoms with Crippen molar-refractivity contribution in [1.82, 2.24) is 15.5 Å². The van der Waals surface area contributed by atoms with Crippen LogP contribution in [0.5, 0.6) is 0 Å². The maximum absolute atomic E-state index is 10.1. The highest BCUT2D eigenvalue weighted by atomic mass is 127. The summed E-state index contributed by atoms with van der Waals surface area (Å²) >= 11 is 0. The number of halogens is 1. The maximum atomic E-state index is 10.1. The van der Waals surface area contributed by atoms with Crippen molar-refractivity contribution in [2.24, 2.45) is 10.9 Å². The highest BCUT2D eigenvalue weighted by Crippen LogP contribution is 2.31. The summed E-state index contributed by atoms with van der Waals surface area (Å²) in [6.45, 7) is 4.34. The van der Waals surface area contributed by atoms with Crippen molar-refractivity contribution in [2.45, 2.75) is 56.6 Å². The van der Waals surface area contributed by atoms with Gasteiger partial charge in [-0.1, -0.05) is 0 Å². The Morgan fingerprint density at radius 1 is 1.23 bits per heavy atom. The third-order valence-electron chi connectivity index (χ3n) is 5.23. The van der Waals surface area contributed by atoms with Gasteiger partial charge in [0, 0.05) is 39.3 Å². The minimum absolute atomic E-state index is 0. The molecule has 0 bridgehead atoms. The van der Waals surface area contributed by atoms with Crippen LogP contribution >= 0.6 is 24.0 Å². The number of aliphatic imine (C=N–C) groups is 1. The molecule has 3 fully saturated rings. The SMILES string of the molecule is CN=C(NCC1(O)CCC1)NC1CCN(CC2CC2)CC1.I. The number of hydrogen-bond donors (Lipinski definition) is 3. The largest absolute Gasteiger partial charge is 0.388 e. The first-order valence-corrected chi connectivity index (χ1v) is 8.59. The van der Waals surface area contributed by atoms with Crippen LogP contribution in [0.25, 0.3) is 0 Å². The lowest BCUT2D eigenvalue weighted by molar-refractivity contribution is -0.0279. The molecule has 0 unspecified atom stereocenters. The highest BCUT2D eigenvalue weighted by Gasteiger charge is 2.34. The van der Waals surface area contributed by atoms with Gasteiger partial charge in [-0.15, -0.1) is 24.0 Å². The first kappa shape index (κ1) is 18.3. The van der Waals surface area contributed by atoms with Gasteiger partial charge in [-0.05, 0) is 50.9 Å². The van der Waals surface area contributed by atoms with Crippen LogP contribution in [0.4, 0.5) is 0 Å². The number of rotatable bonds is 5. The van der Waals surface area contributed by atoms with Crippen LogP contribution in [-0.2, 0) is 0 Å². The monoisotopic (exact) mass is 422 g/mol. The number of nitrogens with zero attached hydrogens (tertiary/aromatic N) is 2. The third-order valence-corrected chi connectivity index (χ3v) is 5.23. The standard InChI is InChI=1S/C16H30N4O.HI/c1-17-15(18-12-16(21)7-2-8-16)19-14-5-9-20(10-6-14)11-13-3-4-13;/h13-14,21H,2-12H2,1H3,(H2,17,18,19);1H. The van der Waals surface area contributed by atoms with E-state index in [0.29, 0.717) is 12.6 Å². The molecule has 1 aliphatic heterocycles. The Morgan fingerprint density at radius 2 is 1.91 bits per heavy atom. The van der Waals surface area contributed by atoms with Gasteiger partial charge in [0.1, 0.15) is 0 Å². The number of guanidine groups is 1. The molecule has 6 heteroatoms. The second-order valence-corrected chi connectivity index (χ2v) is 7.17. The lowest BCUT2D eigenvalue weighted by atomic mass is 9.80. The normalized spacial score (nSPS) is 26.0. The van der Waals surface area contributed by atoms with Crippen molar-refractivity contribution in [1.29, 1.82) is 0 Å². The molecule has 3 N–H and O–H groups in total. The van der Waals surface area contributed by atoms with Crippen molar-refractivity contribution in [2.75, 3.05) is 33.2 Å². The molecule has 0 spiro atoms. The van der Waals surface area contributed by atoms with Crippen molar-refractivity contribution >= 4 is 29.9 Å². The summed E-state index contributed by atoms with van der Waals surface area (Å²) in [5.74, 6) is 1.84. The minimum atomic E-state index is -0.495. The van der Waals surface area contributed by atoms with Crippen LogP contribution in [-0.4, -0.2) is 60.8 Å². The van der Waals surface area contributed by atoms with E-state index < -0.39 is 5.60 Å². The Labute approximate surface area is 151 Å². The summed E-state index contributed by atoms with van der Waals surface area (Å²) in [4.78, 5) is 6.90. The van der Waals surface area contributed by atoms with Crippen LogP contribution in [0, 0.1) is 5.92 Å². The van der Waals surface area contributed by atoms with Gasteiger partial charge in [-0.2, -0.15) is 0 Å². The molecule has 0 aromatic carbocycles. The van der Waals surface area contributed by atoms with Crippen molar-refractivity contribution in [3.05, 3.63) is 0 Å². The van der Waals surface area contributed by atoms with Gasteiger partial charge in [-0.3, -0.25) is 4.99 Å². The molecule has 22 heavy (non-hydrogen) atoms. The van der Waals surface area contributed by atoms with Crippen LogP contribution in [0.15, 0.2) is 4.99 Å². The minimum Gasteiger partial charge on any atom is -0.388 e. The molecule has 3 aliphatic rings. The van der Waals surface area contributed by atoms with Crippen molar-refractivity contribution in [3.63, 3.8) is 0 Å². The van der Waals surface area contributed by atoms with E-state index >= 15 is 0 Å². The first-order valence-electron chi connectivity index (χ1n) is 8.59. The number of hydrogen-bond acceptors (Lipinski definition) is 3. The zero-order valence-corrected chi connectivity index (χ0v) is 16.0. The second-order valence-electron chi connectivity index (χ2n) is 7.17. The molecule has 128 valence electrons. The molecule has 0 aromatic heterocycles. The van der Waals surface area contributed by atoms with Crippen LogP contribution < -0.4 is 10.6 Å². The van der Waals surface area contributed by atoms with E-state index in [1.807, 2.05) is 7.05 Å². The van der Waals surface area contributed by atoms with Gasteiger partial charge in [0.05, 0.1) is 5.60 Å². The molecule has 1 saturated heterocycles. The lowest BCUT2D eigenvalue weighted by Crippen LogP contribution is -2.53. The molecular formula is C16H31IN4O. The van der Waals surface area contributed by atoms with E-state index in [0.717, 1.165) is 31.1 Å². The fraction of sp³-hybridized carbons (Fsp3) is 0.938. The average Bonchev–Trinajstić information content (AvgIpc) is 3.27. The number of aliphatic hydroxyl groups is 1. The van der Waals surface area contributed by atoms with E-state index in [1.54, 1.807) is 0 Å². The second kappa shape index (κ2) is 8.15. The van der Waals surface area contributed by atoms with Crippen LogP contribution in [0.3, 0.4) is 0 Å². The average molecular weight is 422 g/mol. The van der Waals surface area contributed by atoms with Crippen molar-refractivity contribution in [3.8, 4) is 0 Å². The van der Waals surface area contributed by atoms with Gasteiger partial charge >= 0.3 is 0 Å². The number of likely N-dealkylation sites (tertiary alicyclic amines) is 1. The molecule has 3 rings (SSSR count). The number of piperidine rings is 1. The molecular weight excluding hydrogens is 391 g/mol. The summed E-state index contributed by atoms with van der Waals surface area (Å²) in [5.41, 5.74) is -0.495. The molecule has 0 amide bonds.